The fraction of sp³-hybridized carbons (Fsp3) is 0.364. The van der Waals surface area contributed by atoms with Crippen molar-refractivity contribution in [1.82, 2.24) is 0 Å². The molecule has 0 radical (unpaired) electrons. The lowest BCUT2D eigenvalue weighted by Gasteiger charge is -2.11. The third kappa shape index (κ3) is 3.60. The Morgan fingerprint density at radius 1 is 1.39 bits per heavy atom. The van der Waals surface area contributed by atoms with E-state index in [1.807, 2.05) is 0 Å². The van der Waals surface area contributed by atoms with Gasteiger partial charge in [-0.1, -0.05) is 11.6 Å². The summed E-state index contributed by atoms with van der Waals surface area (Å²) in [5.74, 6) is -2.31. The van der Waals surface area contributed by atoms with Crippen LogP contribution in [0.3, 0.4) is 0 Å². The van der Waals surface area contributed by atoms with Crippen molar-refractivity contribution in [2.24, 2.45) is 0 Å². The Kier molecular flexibility index (Phi) is 4.56. The molecule has 0 aliphatic heterocycles. The van der Waals surface area contributed by atoms with E-state index in [-0.39, 0.29) is 11.6 Å². The predicted octanol–water partition coefficient (Wildman–Crippen LogP) is 3.60. The Morgan fingerprint density at radius 2 is 2.00 bits per heavy atom. The molecule has 0 saturated carbocycles. The van der Waals surface area contributed by atoms with Crippen molar-refractivity contribution in [2.75, 3.05) is 6.61 Å². The molecule has 0 amide bonds. The van der Waals surface area contributed by atoms with Crippen molar-refractivity contribution in [3.8, 4) is 0 Å². The van der Waals surface area contributed by atoms with Gasteiger partial charge in [0.25, 0.3) is 0 Å². The van der Waals surface area contributed by atoms with E-state index < -0.39 is 35.5 Å². The summed E-state index contributed by atoms with van der Waals surface area (Å²) in [6.07, 6.45) is -5.46. The number of ether oxygens (including phenoxy) is 1. The number of esters is 1. The zero-order valence-corrected chi connectivity index (χ0v) is 10.0. The number of hydrogen-bond acceptors (Lipinski definition) is 2. The van der Waals surface area contributed by atoms with Crippen LogP contribution in [0.25, 0.3) is 0 Å². The van der Waals surface area contributed by atoms with E-state index in [9.17, 15) is 22.4 Å². The first kappa shape index (κ1) is 14.8. The molecule has 0 aromatic heterocycles. The summed E-state index contributed by atoms with van der Waals surface area (Å²) in [4.78, 5) is 11.1. The Balaban J connectivity index is 3.14. The number of hydrogen-bond donors (Lipinski definition) is 0. The average molecular weight is 285 g/mol. The minimum atomic E-state index is -4.86. The summed E-state index contributed by atoms with van der Waals surface area (Å²) in [5, 5.41) is -0.289. The molecule has 0 unspecified atom stereocenters. The van der Waals surface area contributed by atoms with Crippen molar-refractivity contribution in [3.63, 3.8) is 0 Å². The second kappa shape index (κ2) is 5.56. The van der Waals surface area contributed by atoms with Gasteiger partial charge in [0.05, 0.1) is 18.6 Å². The van der Waals surface area contributed by atoms with Crippen LogP contribution in [0.15, 0.2) is 12.1 Å². The average Bonchev–Trinajstić information content (AvgIpc) is 2.21. The Labute approximate surface area is 105 Å². The van der Waals surface area contributed by atoms with Gasteiger partial charge in [-0.25, -0.2) is 4.39 Å². The number of rotatable bonds is 3. The number of alkyl halides is 3. The van der Waals surface area contributed by atoms with Gasteiger partial charge in [0, 0.05) is 10.6 Å². The van der Waals surface area contributed by atoms with Crippen molar-refractivity contribution in [1.29, 1.82) is 0 Å². The number of carbonyl (C=O) groups excluding carboxylic acids is 1. The van der Waals surface area contributed by atoms with Gasteiger partial charge in [-0.15, -0.1) is 0 Å². The maximum atomic E-state index is 13.6. The van der Waals surface area contributed by atoms with E-state index in [1.54, 1.807) is 0 Å². The summed E-state index contributed by atoms with van der Waals surface area (Å²) in [7, 11) is 0. The fourth-order valence-electron chi connectivity index (χ4n) is 1.35. The van der Waals surface area contributed by atoms with Gasteiger partial charge in [-0.3, -0.25) is 4.79 Å². The summed E-state index contributed by atoms with van der Waals surface area (Å²) in [5.41, 5.74) is -1.93. The van der Waals surface area contributed by atoms with Gasteiger partial charge in [-0.05, 0) is 19.1 Å². The molecule has 0 aliphatic carbocycles. The highest BCUT2D eigenvalue weighted by atomic mass is 35.5. The summed E-state index contributed by atoms with van der Waals surface area (Å²) in [6, 6.07) is 1.45. The topological polar surface area (TPSA) is 26.3 Å². The first-order valence-corrected chi connectivity index (χ1v) is 5.34. The molecule has 2 nitrogen and oxygen atoms in total. The van der Waals surface area contributed by atoms with Crippen LogP contribution in [0.5, 0.6) is 0 Å². The van der Waals surface area contributed by atoms with E-state index in [4.69, 9.17) is 11.6 Å². The molecular weight excluding hydrogens is 276 g/mol. The van der Waals surface area contributed by atoms with Gasteiger partial charge in [0.1, 0.15) is 5.82 Å². The molecule has 0 fully saturated rings. The number of halogens is 5. The Bertz CT molecular complexity index is 457. The largest absolute Gasteiger partial charge is 0.466 e. The molecule has 0 N–H and O–H groups in total. The molecule has 0 spiro atoms. The number of benzene rings is 1. The highest BCUT2D eigenvalue weighted by Gasteiger charge is 2.35. The molecule has 7 heteroatoms. The molecule has 1 aromatic carbocycles. The van der Waals surface area contributed by atoms with Crippen LogP contribution in [0, 0.1) is 5.82 Å². The highest BCUT2D eigenvalue weighted by Crippen LogP contribution is 2.34. The molecule has 0 heterocycles. The summed E-state index contributed by atoms with van der Waals surface area (Å²) < 4.78 is 55.5. The van der Waals surface area contributed by atoms with Gasteiger partial charge in [-0.2, -0.15) is 13.2 Å². The zero-order valence-electron chi connectivity index (χ0n) is 9.28. The van der Waals surface area contributed by atoms with Crippen molar-refractivity contribution < 1.29 is 27.1 Å². The maximum Gasteiger partial charge on any atom is 0.419 e. The van der Waals surface area contributed by atoms with E-state index >= 15 is 0 Å². The maximum absolute atomic E-state index is 13.6. The van der Waals surface area contributed by atoms with Crippen molar-refractivity contribution >= 4 is 17.6 Å². The first-order chi connectivity index (χ1) is 8.25. The Hall–Kier alpha value is -1.30. The van der Waals surface area contributed by atoms with Gasteiger partial charge < -0.3 is 4.74 Å². The Morgan fingerprint density at radius 3 is 2.50 bits per heavy atom. The molecule has 1 rings (SSSR count). The van der Waals surface area contributed by atoms with Crippen LogP contribution >= 0.6 is 11.6 Å². The van der Waals surface area contributed by atoms with Crippen LogP contribution in [0.2, 0.25) is 5.02 Å². The molecular formula is C11H9ClF4O2. The molecule has 18 heavy (non-hydrogen) atoms. The summed E-state index contributed by atoms with van der Waals surface area (Å²) in [6.45, 7) is 1.60. The lowest BCUT2D eigenvalue weighted by atomic mass is 10.1. The number of carbonyl (C=O) groups is 1. The van der Waals surface area contributed by atoms with E-state index in [1.165, 1.54) is 6.92 Å². The third-order valence-electron chi connectivity index (χ3n) is 2.06. The predicted molar refractivity (Wildman–Crippen MR) is 56.7 cm³/mol. The minimum Gasteiger partial charge on any atom is -0.466 e. The standard InChI is InChI=1S/C11H9ClF4O2/c1-2-18-9(17)4-6-3-7(12)5-8(10(6)13)11(14,15)16/h3,5H,2,4H2,1H3. The normalized spacial score (nSPS) is 11.4. The second-order valence-electron chi connectivity index (χ2n) is 3.41. The van der Waals surface area contributed by atoms with Gasteiger partial charge in [0.15, 0.2) is 0 Å². The van der Waals surface area contributed by atoms with E-state index in [0.29, 0.717) is 6.07 Å². The van der Waals surface area contributed by atoms with Gasteiger partial charge >= 0.3 is 12.1 Å². The zero-order chi connectivity index (χ0) is 13.9. The molecule has 0 aliphatic rings. The van der Waals surface area contributed by atoms with E-state index in [0.717, 1.165) is 6.07 Å². The molecule has 0 bridgehead atoms. The van der Waals surface area contributed by atoms with Crippen LogP contribution in [0.1, 0.15) is 18.1 Å². The molecule has 100 valence electrons. The second-order valence-corrected chi connectivity index (χ2v) is 3.84. The lowest BCUT2D eigenvalue weighted by Crippen LogP contribution is -2.13. The lowest BCUT2D eigenvalue weighted by molar-refractivity contribution is -0.143. The van der Waals surface area contributed by atoms with Crippen LogP contribution < -0.4 is 0 Å². The minimum absolute atomic E-state index is 0.0626. The molecule has 1 aromatic rings. The first-order valence-electron chi connectivity index (χ1n) is 4.96. The third-order valence-corrected chi connectivity index (χ3v) is 2.28. The van der Waals surface area contributed by atoms with Gasteiger partial charge in [0.2, 0.25) is 0 Å². The van der Waals surface area contributed by atoms with Crippen LogP contribution in [0.4, 0.5) is 17.6 Å². The van der Waals surface area contributed by atoms with Crippen molar-refractivity contribution in [2.45, 2.75) is 19.5 Å². The van der Waals surface area contributed by atoms with Crippen LogP contribution in [-0.2, 0) is 22.1 Å². The van der Waals surface area contributed by atoms with Crippen LogP contribution in [-0.4, -0.2) is 12.6 Å². The highest BCUT2D eigenvalue weighted by molar-refractivity contribution is 6.30. The molecule has 0 saturated heterocycles. The fourth-order valence-corrected chi connectivity index (χ4v) is 1.59. The smallest absolute Gasteiger partial charge is 0.419 e. The SMILES string of the molecule is CCOC(=O)Cc1cc(Cl)cc(C(F)(F)F)c1F. The molecule has 0 atom stereocenters. The monoisotopic (exact) mass is 284 g/mol. The summed E-state index contributed by atoms with van der Waals surface area (Å²) >= 11 is 5.47. The van der Waals surface area contributed by atoms with Crippen molar-refractivity contribution in [3.05, 3.63) is 34.1 Å². The van der Waals surface area contributed by atoms with E-state index in [2.05, 4.69) is 4.74 Å². The quantitative estimate of drug-likeness (QED) is 0.626.